The van der Waals surface area contributed by atoms with Crippen LogP contribution in [0.4, 0.5) is 0 Å². The molecule has 48 heavy (non-hydrogen) atoms. The molecular weight excluding hydrogens is 625 g/mol. The van der Waals surface area contributed by atoms with Crippen LogP contribution >= 0.6 is 0 Å². The first-order chi connectivity index (χ1) is 23.0. The van der Waals surface area contributed by atoms with Gasteiger partial charge in [-0.3, -0.25) is 0 Å². The zero-order valence-corrected chi connectivity index (χ0v) is 30.2. The van der Waals surface area contributed by atoms with E-state index in [4.69, 9.17) is 28.4 Å². The molecule has 0 N–H and O–H groups in total. The fraction of sp³-hybridized carbons (Fsp3) is 0.395. The van der Waals surface area contributed by atoms with Crippen molar-refractivity contribution in [2.24, 2.45) is 10.2 Å². The predicted molar refractivity (Wildman–Crippen MR) is 194 cm³/mol. The number of carbonyl (C=O) groups excluding carboxylic acids is 1. The second kappa shape index (κ2) is 19.4. The van der Waals surface area contributed by atoms with Crippen LogP contribution < -0.4 is 18.8 Å². The van der Waals surface area contributed by atoms with Crippen LogP contribution in [0.2, 0.25) is 18.1 Å². The summed E-state index contributed by atoms with van der Waals surface area (Å²) in [5.74, 6) is 2.31. The quantitative estimate of drug-likeness (QED) is 0.0224. The van der Waals surface area contributed by atoms with Gasteiger partial charge in [-0.05, 0) is 122 Å². The summed E-state index contributed by atoms with van der Waals surface area (Å²) in [6.45, 7) is 18.2. The standard InChI is InChI=1S/C38H50N2O7Si/c1-8-37(41)44-25-13-11-10-12-24-43-33-19-16-31(17-20-33)29-45-46-35-23-18-32(26-36(35)42-9-2)28-40-39-27-30-14-21-34(22-15-30)47-48(6,7)38(3,4)5/h8,14-23,26-28H,1,9-13,24-25,29H2,2-7H3. The summed E-state index contributed by atoms with van der Waals surface area (Å²) in [5.41, 5.74) is 2.68. The number of esters is 1. The van der Waals surface area contributed by atoms with Crippen LogP contribution in [0.15, 0.2) is 89.6 Å². The number of hydrogen-bond donors (Lipinski definition) is 0. The van der Waals surface area contributed by atoms with Crippen LogP contribution in [0.25, 0.3) is 0 Å². The van der Waals surface area contributed by atoms with E-state index < -0.39 is 8.32 Å². The number of carbonyl (C=O) groups is 1. The third kappa shape index (κ3) is 13.4. The number of ether oxygens (including phenoxy) is 3. The van der Waals surface area contributed by atoms with Crippen molar-refractivity contribution in [3.63, 3.8) is 0 Å². The first-order valence-corrected chi connectivity index (χ1v) is 19.3. The smallest absolute Gasteiger partial charge is 0.330 e. The average Bonchev–Trinajstić information content (AvgIpc) is 3.06. The molecule has 9 nitrogen and oxygen atoms in total. The van der Waals surface area contributed by atoms with E-state index in [0.29, 0.717) is 31.3 Å². The normalized spacial score (nSPS) is 11.9. The van der Waals surface area contributed by atoms with Crippen LogP contribution in [0.3, 0.4) is 0 Å². The Labute approximate surface area is 286 Å². The molecule has 3 rings (SSSR count). The highest BCUT2D eigenvalue weighted by Crippen LogP contribution is 2.37. The zero-order valence-electron chi connectivity index (χ0n) is 29.2. The maximum absolute atomic E-state index is 11.0. The van der Waals surface area contributed by atoms with Crippen molar-refractivity contribution in [2.45, 2.75) is 78.1 Å². The highest BCUT2D eigenvalue weighted by atomic mass is 28.4. The molecule has 3 aromatic rings. The van der Waals surface area contributed by atoms with Gasteiger partial charge in [-0.1, -0.05) is 39.5 Å². The maximum Gasteiger partial charge on any atom is 0.330 e. The first-order valence-electron chi connectivity index (χ1n) is 16.4. The number of nitrogens with zero attached hydrogens (tertiary/aromatic N) is 2. The van der Waals surface area contributed by atoms with Gasteiger partial charge in [0.25, 0.3) is 0 Å². The minimum atomic E-state index is -1.88. The lowest BCUT2D eigenvalue weighted by molar-refractivity contribution is -0.218. The lowest BCUT2D eigenvalue weighted by Crippen LogP contribution is -2.43. The van der Waals surface area contributed by atoms with Crippen molar-refractivity contribution in [3.8, 4) is 23.0 Å². The minimum Gasteiger partial charge on any atom is -0.544 e. The van der Waals surface area contributed by atoms with Gasteiger partial charge in [0.2, 0.25) is 14.1 Å². The topological polar surface area (TPSA) is 97.2 Å². The molecule has 0 saturated heterocycles. The minimum absolute atomic E-state index is 0.140. The highest BCUT2D eigenvalue weighted by molar-refractivity contribution is 6.74. The Bertz CT molecular complexity index is 1480. The van der Waals surface area contributed by atoms with E-state index in [1.165, 1.54) is 6.08 Å². The van der Waals surface area contributed by atoms with Crippen LogP contribution in [0, 0.1) is 0 Å². The lowest BCUT2D eigenvalue weighted by atomic mass is 10.2. The van der Waals surface area contributed by atoms with Gasteiger partial charge in [0.05, 0.1) is 32.2 Å². The van der Waals surface area contributed by atoms with Crippen LogP contribution in [0.5, 0.6) is 23.0 Å². The highest BCUT2D eigenvalue weighted by Gasteiger charge is 2.38. The molecule has 0 radical (unpaired) electrons. The Morgan fingerprint density at radius 1 is 0.792 bits per heavy atom. The number of benzene rings is 3. The maximum atomic E-state index is 11.0. The molecule has 0 bridgehead atoms. The van der Waals surface area contributed by atoms with E-state index in [0.717, 1.165) is 53.9 Å². The average molecular weight is 675 g/mol. The summed E-state index contributed by atoms with van der Waals surface area (Å²) in [6, 6.07) is 21.1. The summed E-state index contributed by atoms with van der Waals surface area (Å²) in [6.07, 6.45) is 8.28. The van der Waals surface area contributed by atoms with Crippen molar-refractivity contribution >= 4 is 26.7 Å². The van der Waals surface area contributed by atoms with E-state index in [1.54, 1.807) is 18.5 Å². The van der Waals surface area contributed by atoms with Gasteiger partial charge >= 0.3 is 5.97 Å². The molecule has 3 aromatic carbocycles. The monoisotopic (exact) mass is 674 g/mol. The lowest BCUT2D eigenvalue weighted by Gasteiger charge is -2.36. The van der Waals surface area contributed by atoms with E-state index in [1.807, 2.05) is 67.6 Å². The van der Waals surface area contributed by atoms with Gasteiger partial charge in [-0.15, -0.1) is 0 Å². The first kappa shape index (κ1) is 38.0. The fourth-order valence-electron chi connectivity index (χ4n) is 4.03. The summed E-state index contributed by atoms with van der Waals surface area (Å²) >= 11 is 0. The van der Waals surface area contributed by atoms with Crippen molar-refractivity contribution in [2.75, 3.05) is 19.8 Å². The molecular formula is C38H50N2O7Si. The Kier molecular flexibility index (Phi) is 15.4. The number of hydrogen-bond acceptors (Lipinski definition) is 9. The Morgan fingerprint density at radius 2 is 1.42 bits per heavy atom. The molecule has 10 heteroatoms. The summed E-state index contributed by atoms with van der Waals surface area (Å²) in [5, 5.41) is 8.54. The molecule has 0 saturated carbocycles. The van der Waals surface area contributed by atoms with E-state index in [2.05, 4.69) is 50.6 Å². The molecule has 0 aliphatic rings. The molecule has 258 valence electrons. The van der Waals surface area contributed by atoms with Crippen molar-refractivity contribution in [1.29, 1.82) is 0 Å². The fourth-order valence-corrected chi connectivity index (χ4v) is 5.07. The second-order valence-corrected chi connectivity index (χ2v) is 17.4. The van der Waals surface area contributed by atoms with Crippen molar-refractivity contribution in [3.05, 3.63) is 96.1 Å². The molecule has 0 spiro atoms. The van der Waals surface area contributed by atoms with Crippen molar-refractivity contribution < 1.29 is 33.2 Å². The SMILES string of the molecule is C=CC(=O)OCCCCCCOc1ccc(COOc2ccc(C=NN=Cc3ccc(O[Si](C)(C)C(C)(C)C)cc3)cc2OCC)cc1. The Hall–Kier alpha value is -4.41. The predicted octanol–water partition coefficient (Wildman–Crippen LogP) is 9.10. The van der Waals surface area contributed by atoms with Gasteiger partial charge in [-0.2, -0.15) is 15.1 Å². The summed E-state index contributed by atoms with van der Waals surface area (Å²) in [7, 11) is -1.88. The third-order valence-electron chi connectivity index (χ3n) is 7.82. The molecule has 0 amide bonds. The van der Waals surface area contributed by atoms with Crippen LogP contribution in [-0.2, 0) is 21.0 Å². The Morgan fingerprint density at radius 3 is 2.06 bits per heavy atom. The van der Waals surface area contributed by atoms with E-state index in [-0.39, 0.29) is 17.6 Å². The molecule has 0 aliphatic carbocycles. The number of rotatable bonds is 20. The van der Waals surface area contributed by atoms with Gasteiger partial charge in [-0.25, -0.2) is 4.79 Å². The molecule has 0 unspecified atom stereocenters. The van der Waals surface area contributed by atoms with Crippen LogP contribution in [0.1, 0.15) is 70.1 Å². The zero-order chi connectivity index (χ0) is 34.8. The van der Waals surface area contributed by atoms with Gasteiger partial charge < -0.3 is 23.5 Å². The Balaban J connectivity index is 1.42. The van der Waals surface area contributed by atoms with Crippen LogP contribution in [-0.4, -0.2) is 46.5 Å². The van der Waals surface area contributed by atoms with Crippen molar-refractivity contribution in [1.82, 2.24) is 0 Å². The number of unbranched alkanes of at least 4 members (excludes halogenated alkanes) is 3. The summed E-state index contributed by atoms with van der Waals surface area (Å²) in [4.78, 5) is 22.1. The van der Waals surface area contributed by atoms with E-state index >= 15 is 0 Å². The molecule has 0 heterocycles. The largest absolute Gasteiger partial charge is 0.544 e. The molecule has 0 aliphatic heterocycles. The molecule has 0 atom stereocenters. The van der Waals surface area contributed by atoms with Gasteiger partial charge in [0, 0.05) is 6.08 Å². The second-order valence-electron chi connectivity index (χ2n) is 12.7. The molecule has 0 fully saturated rings. The summed E-state index contributed by atoms with van der Waals surface area (Å²) < 4.78 is 22.9. The van der Waals surface area contributed by atoms with Gasteiger partial charge in [0.15, 0.2) is 5.75 Å². The molecule has 0 aromatic heterocycles. The van der Waals surface area contributed by atoms with E-state index in [9.17, 15) is 4.79 Å². The van der Waals surface area contributed by atoms with Gasteiger partial charge in [0.1, 0.15) is 18.1 Å². The third-order valence-corrected chi connectivity index (χ3v) is 12.2.